The number of hydrogen-bond donors (Lipinski definition) is 2. The second-order valence-electron chi connectivity index (χ2n) is 4.58. The Morgan fingerprint density at radius 3 is 2.88 bits per heavy atom. The van der Waals surface area contributed by atoms with Gasteiger partial charge >= 0.3 is 5.97 Å². The van der Waals surface area contributed by atoms with Crippen molar-refractivity contribution in [2.75, 3.05) is 18.5 Å². The first kappa shape index (κ1) is 11.9. The van der Waals surface area contributed by atoms with Crippen molar-refractivity contribution in [2.45, 2.75) is 18.9 Å². The fourth-order valence-electron chi connectivity index (χ4n) is 2.12. The van der Waals surface area contributed by atoms with Gasteiger partial charge in [0.2, 0.25) is 0 Å². The molecule has 0 unspecified atom stereocenters. The number of anilines is 1. The molecule has 0 amide bonds. The lowest BCUT2D eigenvalue weighted by Crippen LogP contribution is -2.37. The number of pyridine rings is 1. The average molecular weight is 236 g/mol. The minimum absolute atomic E-state index is 0.0583. The third kappa shape index (κ3) is 2.74. The fraction of sp³-hybridized carbons (Fsp3) is 0.500. The Labute approximate surface area is 99.7 Å². The SMILES string of the molecule is CN(CC1CC(O)C1)c1ccnc(C(=O)O)c1. The minimum atomic E-state index is -1.01. The van der Waals surface area contributed by atoms with Gasteiger partial charge in [-0.2, -0.15) is 0 Å². The molecule has 5 nitrogen and oxygen atoms in total. The highest BCUT2D eigenvalue weighted by Crippen LogP contribution is 2.29. The third-order valence-corrected chi connectivity index (χ3v) is 3.15. The van der Waals surface area contributed by atoms with Gasteiger partial charge in [0, 0.05) is 25.5 Å². The fourth-order valence-corrected chi connectivity index (χ4v) is 2.12. The quantitative estimate of drug-likeness (QED) is 0.815. The van der Waals surface area contributed by atoms with E-state index in [1.165, 1.54) is 6.20 Å². The van der Waals surface area contributed by atoms with Gasteiger partial charge < -0.3 is 15.1 Å². The molecule has 1 aromatic rings. The molecule has 1 aromatic heterocycles. The number of nitrogens with zero attached hydrogens (tertiary/aromatic N) is 2. The number of carboxylic acids is 1. The smallest absolute Gasteiger partial charge is 0.354 e. The van der Waals surface area contributed by atoms with E-state index in [9.17, 15) is 9.90 Å². The van der Waals surface area contributed by atoms with Crippen molar-refractivity contribution in [1.82, 2.24) is 4.98 Å². The summed E-state index contributed by atoms with van der Waals surface area (Å²) in [5.41, 5.74) is 0.904. The zero-order valence-corrected chi connectivity index (χ0v) is 9.71. The molecule has 2 N–H and O–H groups in total. The topological polar surface area (TPSA) is 73.7 Å². The standard InChI is InChI=1S/C12H16N2O3/c1-14(7-8-4-10(15)5-8)9-2-3-13-11(6-9)12(16)17/h2-3,6,8,10,15H,4-5,7H2,1H3,(H,16,17). The monoisotopic (exact) mass is 236 g/mol. The Morgan fingerprint density at radius 2 is 2.29 bits per heavy atom. The molecular weight excluding hydrogens is 220 g/mol. The van der Waals surface area contributed by atoms with Crippen LogP contribution >= 0.6 is 0 Å². The molecule has 2 rings (SSSR count). The molecule has 0 aromatic carbocycles. The van der Waals surface area contributed by atoms with Crippen LogP contribution in [0.5, 0.6) is 0 Å². The molecule has 17 heavy (non-hydrogen) atoms. The molecular formula is C12H16N2O3. The summed E-state index contributed by atoms with van der Waals surface area (Å²) in [4.78, 5) is 16.6. The molecule has 0 aliphatic heterocycles. The molecule has 1 fully saturated rings. The number of aliphatic hydroxyl groups excluding tert-OH is 1. The molecule has 0 saturated heterocycles. The van der Waals surface area contributed by atoms with E-state index in [1.807, 2.05) is 11.9 Å². The second-order valence-corrected chi connectivity index (χ2v) is 4.58. The highest BCUT2D eigenvalue weighted by molar-refractivity contribution is 5.86. The number of aromatic carboxylic acids is 1. The minimum Gasteiger partial charge on any atom is -0.477 e. The van der Waals surface area contributed by atoms with Crippen molar-refractivity contribution in [3.8, 4) is 0 Å². The summed E-state index contributed by atoms with van der Waals surface area (Å²) in [7, 11) is 1.92. The number of hydrogen-bond acceptors (Lipinski definition) is 4. The Bertz CT molecular complexity index is 416. The molecule has 1 saturated carbocycles. The lowest BCUT2D eigenvalue weighted by Gasteiger charge is -2.35. The Balaban J connectivity index is 2.00. The second kappa shape index (κ2) is 4.71. The number of aliphatic hydroxyl groups is 1. The third-order valence-electron chi connectivity index (χ3n) is 3.15. The first-order chi connectivity index (χ1) is 8.06. The van der Waals surface area contributed by atoms with Crippen molar-refractivity contribution < 1.29 is 15.0 Å². The first-order valence-electron chi connectivity index (χ1n) is 5.65. The van der Waals surface area contributed by atoms with E-state index in [0.717, 1.165) is 25.1 Å². The van der Waals surface area contributed by atoms with Crippen LogP contribution in [-0.4, -0.2) is 40.9 Å². The number of carbonyl (C=O) groups is 1. The van der Waals surface area contributed by atoms with Gasteiger partial charge in [0.25, 0.3) is 0 Å². The first-order valence-corrected chi connectivity index (χ1v) is 5.65. The van der Waals surface area contributed by atoms with Gasteiger partial charge in [-0.1, -0.05) is 0 Å². The highest BCUT2D eigenvalue weighted by Gasteiger charge is 2.28. The normalized spacial score (nSPS) is 22.9. The summed E-state index contributed by atoms with van der Waals surface area (Å²) < 4.78 is 0. The van der Waals surface area contributed by atoms with Crippen LogP contribution in [-0.2, 0) is 0 Å². The van der Waals surface area contributed by atoms with E-state index in [4.69, 9.17) is 5.11 Å². The highest BCUT2D eigenvalue weighted by atomic mass is 16.4. The van der Waals surface area contributed by atoms with Gasteiger partial charge in [0.05, 0.1) is 6.10 Å². The summed E-state index contributed by atoms with van der Waals surface area (Å²) in [6.07, 6.45) is 3.02. The Morgan fingerprint density at radius 1 is 1.59 bits per heavy atom. The van der Waals surface area contributed by atoms with Crippen molar-refractivity contribution in [3.05, 3.63) is 24.0 Å². The molecule has 0 radical (unpaired) electrons. The lowest BCUT2D eigenvalue weighted by molar-refractivity contribution is 0.0465. The van der Waals surface area contributed by atoms with Crippen LogP contribution in [0.25, 0.3) is 0 Å². The van der Waals surface area contributed by atoms with E-state index >= 15 is 0 Å². The largest absolute Gasteiger partial charge is 0.477 e. The number of rotatable bonds is 4. The predicted octanol–water partition coefficient (Wildman–Crippen LogP) is 0.987. The molecule has 0 atom stereocenters. The van der Waals surface area contributed by atoms with Crippen LogP contribution in [0.15, 0.2) is 18.3 Å². The predicted molar refractivity (Wildman–Crippen MR) is 63.2 cm³/mol. The van der Waals surface area contributed by atoms with Crippen molar-refractivity contribution in [2.24, 2.45) is 5.92 Å². The van der Waals surface area contributed by atoms with Gasteiger partial charge in [0.15, 0.2) is 0 Å². The maximum absolute atomic E-state index is 10.8. The van der Waals surface area contributed by atoms with Gasteiger partial charge in [-0.05, 0) is 30.9 Å². The van der Waals surface area contributed by atoms with Crippen molar-refractivity contribution >= 4 is 11.7 Å². The molecule has 0 bridgehead atoms. The van der Waals surface area contributed by atoms with Crippen LogP contribution in [0.2, 0.25) is 0 Å². The maximum Gasteiger partial charge on any atom is 0.354 e. The Kier molecular flexibility index (Phi) is 3.28. The van der Waals surface area contributed by atoms with Crippen LogP contribution in [0, 0.1) is 5.92 Å². The van der Waals surface area contributed by atoms with Crippen LogP contribution in [0.4, 0.5) is 5.69 Å². The van der Waals surface area contributed by atoms with Gasteiger partial charge in [0.1, 0.15) is 5.69 Å². The van der Waals surface area contributed by atoms with E-state index in [0.29, 0.717) is 5.92 Å². The van der Waals surface area contributed by atoms with Gasteiger partial charge in [-0.15, -0.1) is 0 Å². The zero-order chi connectivity index (χ0) is 12.4. The van der Waals surface area contributed by atoms with E-state index in [-0.39, 0.29) is 11.8 Å². The Hall–Kier alpha value is -1.62. The van der Waals surface area contributed by atoms with Crippen LogP contribution in [0.3, 0.4) is 0 Å². The van der Waals surface area contributed by atoms with Crippen LogP contribution in [0.1, 0.15) is 23.3 Å². The summed E-state index contributed by atoms with van der Waals surface area (Å²) >= 11 is 0. The molecule has 1 aliphatic rings. The maximum atomic E-state index is 10.8. The number of aromatic nitrogens is 1. The van der Waals surface area contributed by atoms with Crippen LogP contribution < -0.4 is 4.90 Å². The summed E-state index contributed by atoms with van der Waals surface area (Å²) in [6, 6.07) is 3.36. The summed E-state index contributed by atoms with van der Waals surface area (Å²) in [5, 5.41) is 18.1. The summed E-state index contributed by atoms with van der Waals surface area (Å²) in [5.74, 6) is -0.518. The van der Waals surface area contributed by atoms with E-state index in [1.54, 1.807) is 12.1 Å². The average Bonchev–Trinajstić information content (AvgIpc) is 2.27. The lowest BCUT2D eigenvalue weighted by atomic mass is 9.82. The molecule has 92 valence electrons. The van der Waals surface area contributed by atoms with Gasteiger partial charge in [-0.25, -0.2) is 9.78 Å². The molecule has 0 spiro atoms. The molecule has 5 heteroatoms. The zero-order valence-electron chi connectivity index (χ0n) is 9.71. The van der Waals surface area contributed by atoms with E-state index < -0.39 is 5.97 Å². The number of carboxylic acid groups (broad SMARTS) is 1. The van der Waals surface area contributed by atoms with Crippen molar-refractivity contribution in [1.29, 1.82) is 0 Å². The molecule has 1 heterocycles. The summed E-state index contributed by atoms with van der Waals surface area (Å²) in [6.45, 7) is 0.833. The van der Waals surface area contributed by atoms with Crippen molar-refractivity contribution in [3.63, 3.8) is 0 Å². The van der Waals surface area contributed by atoms with E-state index in [2.05, 4.69) is 4.98 Å². The molecule has 1 aliphatic carbocycles. The van der Waals surface area contributed by atoms with Gasteiger partial charge in [-0.3, -0.25) is 0 Å².